The van der Waals surface area contributed by atoms with E-state index in [-0.39, 0.29) is 28.3 Å². The van der Waals surface area contributed by atoms with Gasteiger partial charge in [0.15, 0.2) is 9.84 Å². The lowest BCUT2D eigenvalue weighted by atomic mass is 10.2. The summed E-state index contributed by atoms with van der Waals surface area (Å²) in [5, 5.41) is 1.32. The van der Waals surface area contributed by atoms with Crippen LogP contribution in [0.15, 0.2) is 70.2 Å². The van der Waals surface area contributed by atoms with Crippen LogP contribution in [0.25, 0.3) is 0 Å². The first-order valence-electron chi connectivity index (χ1n) is 8.36. The molecule has 0 bridgehead atoms. The van der Waals surface area contributed by atoms with Crippen LogP contribution in [0.4, 0.5) is 8.78 Å². The third kappa shape index (κ3) is 4.12. The number of hydrogen-bond acceptors (Lipinski definition) is 4. The van der Waals surface area contributed by atoms with Gasteiger partial charge < -0.3 is 9.73 Å². The minimum Gasteiger partial charge on any atom is -0.468 e. The van der Waals surface area contributed by atoms with Crippen molar-refractivity contribution >= 4 is 15.7 Å². The molecule has 1 aromatic heterocycles. The summed E-state index contributed by atoms with van der Waals surface area (Å²) < 4.78 is 58.0. The Bertz CT molecular complexity index is 1080. The van der Waals surface area contributed by atoms with Gasteiger partial charge >= 0.3 is 0 Å². The molecular formula is C20H17F2NO4S. The fourth-order valence-corrected chi connectivity index (χ4v) is 4.35. The first-order chi connectivity index (χ1) is 13.3. The van der Waals surface area contributed by atoms with Crippen molar-refractivity contribution in [1.82, 2.24) is 5.32 Å². The molecule has 1 N–H and O–H groups in total. The normalized spacial score (nSPS) is 12.5. The molecule has 0 radical (unpaired) electrons. The van der Waals surface area contributed by atoms with Gasteiger partial charge in [0, 0.05) is 12.1 Å². The van der Waals surface area contributed by atoms with Crippen molar-refractivity contribution < 1.29 is 26.4 Å². The quantitative estimate of drug-likeness (QED) is 0.633. The van der Waals surface area contributed by atoms with Gasteiger partial charge in [-0.1, -0.05) is 0 Å². The lowest BCUT2D eigenvalue weighted by Crippen LogP contribution is -2.31. The number of rotatable bonds is 6. The van der Waals surface area contributed by atoms with Gasteiger partial charge in [0.1, 0.15) is 22.6 Å². The highest BCUT2D eigenvalue weighted by Gasteiger charge is 2.32. The van der Waals surface area contributed by atoms with Crippen LogP contribution in [-0.2, 0) is 9.84 Å². The van der Waals surface area contributed by atoms with Crippen LogP contribution in [0.3, 0.4) is 0 Å². The summed E-state index contributed by atoms with van der Waals surface area (Å²) in [5.74, 6) is -1.42. The Labute approximate surface area is 160 Å². The van der Waals surface area contributed by atoms with Crippen LogP contribution in [0.1, 0.15) is 26.9 Å². The molecule has 28 heavy (non-hydrogen) atoms. The third-order valence-electron chi connectivity index (χ3n) is 4.25. The molecule has 0 aliphatic carbocycles. The highest BCUT2D eigenvalue weighted by Crippen LogP contribution is 2.30. The first kappa shape index (κ1) is 19.8. The third-order valence-corrected chi connectivity index (χ3v) is 6.31. The molecule has 1 heterocycles. The van der Waals surface area contributed by atoms with Crippen molar-refractivity contribution in [2.45, 2.75) is 17.1 Å². The SMILES string of the molecule is Cc1cc(S(=O)(=O)[C@@H](CNC(=O)c2ccc(F)cc2)c2ccco2)ccc1F. The maximum Gasteiger partial charge on any atom is 0.251 e. The number of aryl methyl sites for hydroxylation is 1. The molecule has 8 heteroatoms. The smallest absolute Gasteiger partial charge is 0.251 e. The van der Waals surface area contributed by atoms with Crippen LogP contribution in [-0.4, -0.2) is 20.9 Å². The fraction of sp³-hybridized carbons (Fsp3) is 0.150. The summed E-state index contributed by atoms with van der Waals surface area (Å²) in [7, 11) is -3.98. The molecular weight excluding hydrogens is 388 g/mol. The minimum absolute atomic E-state index is 0.0798. The van der Waals surface area contributed by atoms with Gasteiger partial charge in [0.05, 0.1) is 11.2 Å². The van der Waals surface area contributed by atoms with Gasteiger partial charge in [-0.2, -0.15) is 0 Å². The molecule has 0 unspecified atom stereocenters. The summed E-state index contributed by atoms with van der Waals surface area (Å²) in [6, 6.07) is 11.4. The first-order valence-corrected chi connectivity index (χ1v) is 9.91. The monoisotopic (exact) mass is 405 g/mol. The van der Waals surface area contributed by atoms with Crippen molar-refractivity contribution in [3.63, 3.8) is 0 Å². The Morgan fingerprint density at radius 2 is 1.82 bits per heavy atom. The van der Waals surface area contributed by atoms with Gasteiger partial charge in [0.25, 0.3) is 5.91 Å². The maximum atomic E-state index is 13.5. The number of furan rings is 1. The molecule has 0 saturated heterocycles. The van der Waals surface area contributed by atoms with Crippen LogP contribution in [0.2, 0.25) is 0 Å². The predicted octanol–water partition coefficient (Wildman–Crippen LogP) is 3.81. The number of carbonyl (C=O) groups is 1. The van der Waals surface area contributed by atoms with Gasteiger partial charge in [-0.25, -0.2) is 17.2 Å². The number of halogens is 2. The molecule has 0 fully saturated rings. The van der Waals surface area contributed by atoms with Gasteiger partial charge in [-0.05, 0) is 67.1 Å². The predicted molar refractivity (Wildman–Crippen MR) is 98.5 cm³/mol. The lowest BCUT2D eigenvalue weighted by molar-refractivity contribution is 0.0953. The average Bonchev–Trinajstić information content (AvgIpc) is 3.18. The van der Waals surface area contributed by atoms with E-state index < -0.39 is 32.6 Å². The van der Waals surface area contributed by atoms with Crippen molar-refractivity contribution in [2.24, 2.45) is 0 Å². The van der Waals surface area contributed by atoms with Crippen molar-refractivity contribution in [2.75, 3.05) is 6.54 Å². The second-order valence-corrected chi connectivity index (χ2v) is 8.31. The molecule has 5 nitrogen and oxygen atoms in total. The summed E-state index contributed by atoms with van der Waals surface area (Å²) in [5.41, 5.74) is 0.379. The number of sulfone groups is 1. The number of amides is 1. The molecule has 1 atom stereocenters. The topological polar surface area (TPSA) is 76.4 Å². The van der Waals surface area contributed by atoms with Gasteiger partial charge in [-0.3, -0.25) is 4.79 Å². The summed E-state index contributed by atoms with van der Waals surface area (Å²) in [4.78, 5) is 12.2. The highest BCUT2D eigenvalue weighted by atomic mass is 32.2. The number of nitrogens with one attached hydrogen (secondary N) is 1. The van der Waals surface area contributed by atoms with Crippen molar-refractivity contribution in [1.29, 1.82) is 0 Å². The van der Waals surface area contributed by atoms with E-state index in [1.165, 1.54) is 49.6 Å². The summed E-state index contributed by atoms with van der Waals surface area (Å²) in [6.07, 6.45) is 1.33. The standard InChI is InChI=1S/C20H17F2NO4S/c1-13-11-16(8-9-17(13)22)28(25,26)19(18-3-2-10-27-18)12-23-20(24)14-4-6-15(21)7-5-14/h2-11,19H,12H2,1H3,(H,23,24)/t19-/m0/s1. The molecule has 0 aliphatic heterocycles. The molecule has 1 amide bonds. The molecule has 146 valence electrons. The zero-order chi connectivity index (χ0) is 20.3. The van der Waals surface area contributed by atoms with Crippen molar-refractivity contribution in [3.8, 4) is 0 Å². The Hall–Kier alpha value is -3.00. The highest BCUT2D eigenvalue weighted by molar-refractivity contribution is 7.91. The molecule has 3 rings (SSSR count). The van der Waals surface area contributed by atoms with Crippen molar-refractivity contribution in [3.05, 3.63) is 89.4 Å². The Morgan fingerprint density at radius 1 is 1.11 bits per heavy atom. The van der Waals surface area contributed by atoms with E-state index in [4.69, 9.17) is 4.42 Å². The Balaban J connectivity index is 1.88. The van der Waals surface area contributed by atoms with Gasteiger partial charge in [-0.15, -0.1) is 0 Å². The zero-order valence-corrected chi connectivity index (χ0v) is 15.7. The molecule has 0 spiro atoms. The summed E-state index contributed by atoms with van der Waals surface area (Å²) >= 11 is 0. The maximum absolute atomic E-state index is 13.5. The molecule has 3 aromatic rings. The van der Waals surface area contributed by atoms with E-state index in [1.54, 1.807) is 0 Å². The van der Waals surface area contributed by atoms with Crippen LogP contribution < -0.4 is 5.32 Å². The Morgan fingerprint density at radius 3 is 2.43 bits per heavy atom. The van der Waals surface area contributed by atoms with E-state index in [1.807, 2.05) is 0 Å². The lowest BCUT2D eigenvalue weighted by Gasteiger charge is -2.17. The average molecular weight is 405 g/mol. The Kier molecular flexibility index (Phi) is 5.60. The minimum atomic E-state index is -3.98. The van der Waals surface area contributed by atoms with E-state index in [0.29, 0.717) is 0 Å². The number of carbonyl (C=O) groups excluding carboxylic acids is 1. The number of benzene rings is 2. The molecule has 0 saturated carbocycles. The van der Waals surface area contributed by atoms with E-state index in [9.17, 15) is 22.0 Å². The van der Waals surface area contributed by atoms with Crippen LogP contribution >= 0.6 is 0 Å². The number of hydrogen-bond donors (Lipinski definition) is 1. The van der Waals surface area contributed by atoms with E-state index >= 15 is 0 Å². The van der Waals surface area contributed by atoms with Crippen LogP contribution in [0, 0.1) is 18.6 Å². The largest absolute Gasteiger partial charge is 0.468 e. The van der Waals surface area contributed by atoms with Crippen LogP contribution in [0.5, 0.6) is 0 Å². The van der Waals surface area contributed by atoms with Gasteiger partial charge in [0.2, 0.25) is 0 Å². The molecule has 0 aliphatic rings. The van der Waals surface area contributed by atoms with E-state index in [2.05, 4.69) is 5.32 Å². The fourth-order valence-electron chi connectivity index (χ4n) is 2.68. The second kappa shape index (κ2) is 7.93. The molecule has 2 aromatic carbocycles. The summed E-state index contributed by atoms with van der Waals surface area (Å²) in [6.45, 7) is 1.19. The zero-order valence-electron chi connectivity index (χ0n) is 14.9. The second-order valence-electron chi connectivity index (χ2n) is 6.18. The van der Waals surface area contributed by atoms with E-state index in [0.717, 1.165) is 18.2 Å².